The number of nitrogens with one attached hydrogen (secondary N) is 2. The van der Waals surface area contributed by atoms with Crippen molar-refractivity contribution in [1.29, 1.82) is 0 Å². The fourth-order valence-electron chi connectivity index (χ4n) is 2.82. The molecule has 33 heavy (non-hydrogen) atoms. The first-order valence-electron chi connectivity index (χ1n) is 9.97. The number of anilines is 1. The average Bonchev–Trinajstić information content (AvgIpc) is 2.77. The summed E-state index contributed by atoms with van der Waals surface area (Å²) in [6.45, 7) is 3.60. The summed E-state index contributed by atoms with van der Waals surface area (Å²) in [5, 5.41) is 3.19. The first kappa shape index (κ1) is 24.9. The molecule has 0 aliphatic rings. The molecule has 0 spiro atoms. The molecule has 0 fully saturated rings. The normalized spacial score (nSPS) is 12.1. The van der Waals surface area contributed by atoms with Gasteiger partial charge in [0, 0.05) is 5.02 Å². The van der Waals surface area contributed by atoms with Gasteiger partial charge in [0.05, 0.1) is 28.3 Å². The highest BCUT2D eigenvalue weighted by atomic mass is 35.5. The summed E-state index contributed by atoms with van der Waals surface area (Å²) in [7, 11) is -4.03. The van der Waals surface area contributed by atoms with Crippen molar-refractivity contribution in [2.24, 2.45) is 0 Å². The van der Waals surface area contributed by atoms with Crippen molar-refractivity contribution in [1.82, 2.24) is 4.72 Å². The van der Waals surface area contributed by atoms with E-state index >= 15 is 0 Å². The zero-order chi connectivity index (χ0) is 24.0. The predicted octanol–water partition coefficient (Wildman–Crippen LogP) is 5.49. The summed E-state index contributed by atoms with van der Waals surface area (Å²) in [4.78, 5) is 12.7. The van der Waals surface area contributed by atoms with E-state index in [1.165, 1.54) is 31.2 Å². The zero-order valence-corrected chi connectivity index (χ0v) is 20.2. The third-order valence-corrected chi connectivity index (χ3v) is 6.48. The lowest BCUT2D eigenvalue weighted by Gasteiger charge is -2.17. The molecule has 0 bridgehead atoms. The quantitative estimate of drug-likeness (QED) is 0.398. The number of hydrogen-bond donors (Lipinski definition) is 2. The lowest BCUT2D eigenvalue weighted by atomic mass is 10.2. The number of amides is 1. The van der Waals surface area contributed by atoms with E-state index in [2.05, 4.69) is 10.0 Å². The molecule has 3 aromatic carbocycles. The molecule has 0 unspecified atom stereocenters. The topological polar surface area (TPSA) is 93.7 Å². The Morgan fingerprint density at radius 2 is 1.70 bits per heavy atom. The van der Waals surface area contributed by atoms with Crippen LogP contribution >= 0.6 is 23.2 Å². The van der Waals surface area contributed by atoms with Crippen LogP contribution < -0.4 is 19.5 Å². The Morgan fingerprint density at radius 1 is 1.00 bits per heavy atom. The second kappa shape index (κ2) is 10.9. The van der Waals surface area contributed by atoms with Crippen molar-refractivity contribution < 1.29 is 22.7 Å². The van der Waals surface area contributed by atoms with Gasteiger partial charge in [0.2, 0.25) is 15.9 Å². The van der Waals surface area contributed by atoms with Crippen LogP contribution in [0.25, 0.3) is 0 Å². The van der Waals surface area contributed by atoms with E-state index in [1.807, 2.05) is 18.2 Å². The van der Waals surface area contributed by atoms with Gasteiger partial charge in [0.25, 0.3) is 0 Å². The highest BCUT2D eigenvalue weighted by molar-refractivity contribution is 7.89. The first-order chi connectivity index (χ1) is 15.7. The third-order valence-electron chi connectivity index (χ3n) is 4.41. The zero-order valence-electron chi connectivity index (χ0n) is 17.8. The number of ether oxygens (including phenoxy) is 2. The van der Waals surface area contributed by atoms with Crippen molar-refractivity contribution in [3.05, 3.63) is 76.8 Å². The minimum Gasteiger partial charge on any atom is -0.492 e. The van der Waals surface area contributed by atoms with Gasteiger partial charge >= 0.3 is 0 Å². The molecule has 3 rings (SSSR count). The Labute approximate surface area is 202 Å². The van der Waals surface area contributed by atoms with Crippen LogP contribution in [0.4, 0.5) is 5.69 Å². The Kier molecular flexibility index (Phi) is 8.20. The van der Waals surface area contributed by atoms with Gasteiger partial charge in [-0.15, -0.1) is 0 Å². The predicted molar refractivity (Wildman–Crippen MR) is 129 cm³/mol. The lowest BCUT2D eigenvalue weighted by molar-refractivity contribution is -0.117. The third kappa shape index (κ3) is 6.61. The van der Waals surface area contributed by atoms with Crippen molar-refractivity contribution in [2.45, 2.75) is 24.8 Å². The fraction of sp³-hybridized carbons (Fsp3) is 0.174. The number of carbonyl (C=O) groups is 1. The average molecular weight is 509 g/mol. The van der Waals surface area contributed by atoms with E-state index in [9.17, 15) is 13.2 Å². The number of hydrogen-bond acceptors (Lipinski definition) is 5. The van der Waals surface area contributed by atoms with E-state index in [0.717, 1.165) is 0 Å². The van der Waals surface area contributed by atoms with Crippen LogP contribution in [0.3, 0.4) is 0 Å². The molecule has 10 heteroatoms. The molecule has 0 heterocycles. The van der Waals surface area contributed by atoms with E-state index in [-0.39, 0.29) is 9.92 Å². The molecular weight excluding hydrogens is 487 g/mol. The number of rotatable bonds is 9. The van der Waals surface area contributed by atoms with Gasteiger partial charge in [-0.25, -0.2) is 8.42 Å². The molecular formula is C23H22Cl2N2O5S. The molecule has 2 N–H and O–H groups in total. The van der Waals surface area contributed by atoms with Crippen molar-refractivity contribution in [2.75, 3.05) is 11.9 Å². The van der Waals surface area contributed by atoms with E-state index < -0.39 is 22.0 Å². The van der Waals surface area contributed by atoms with Crippen LogP contribution in [0, 0.1) is 0 Å². The minimum absolute atomic E-state index is 0.0912. The van der Waals surface area contributed by atoms with Crippen LogP contribution in [0.15, 0.2) is 71.6 Å². The maximum absolute atomic E-state index is 12.8. The lowest BCUT2D eigenvalue weighted by Crippen LogP contribution is -2.41. The number of sulfonamides is 1. The van der Waals surface area contributed by atoms with Crippen LogP contribution in [0.1, 0.15) is 13.8 Å². The summed E-state index contributed by atoms with van der Waals surface area (Å²) in [5.74, 6) is 0.690. The molecule has 1 amide bonds. The molecule has 0 aromatic heterocycles. The second-order valence-corrected chi connectivity index (χ2v) is 9.47. The van der Waals surface area contributed by atoms with E-state index in [0.29, 0.717) is 34.6 Å². The van der Waals surface area contributed by atoms with Crippen molar-refractivity contribution >= 4 is 44.8 Å². The van der Waals surface area contributed by atoms with Crippen LogP contribution in [-0.4, -0.2) is 27.0 Å². The van der Waals surface area contributed by atoms with Crippen LogP contribution in [0.2, 0.25) is 10.0 Å². The number of para-hydroxylation sites is 1. The monoisotopic (exact) mass is 508 g/mol. The second-order valence-electron chi connectivity index (χ2n) is 6.91. The highest BCUT2D eigenvalue weighted by Gasteiger charge is 2.24. The Balaban J connectivity index is 1.74. The van der Waals surface area contributed by atoms with Gasteiger partial charge in [-0.1, -0.05) is 41.4 Å². The largest absolute Gasteiger partial charge is 0.492 e. The van der Waals surface area contributed by atoms with Crippen LogP contribution in [-0.2, 0) is 14.8 Å². The maximum atomic E-state index is 12.8. The molecule has 3 aromatic rings. The molecule has 174 valence electrons. The molecule has 7 nitrogen and oxygen atoms in total. The van der Waals surface area contributed by atoms with Gasteiger partial charge in [0.15, 0.2) is 5.75 Å². The summed E-state index contributed by atoms with van der Waals surface area (Å²) < 4.78 is 39.0. The smallest absolute Gasteiger partial charge is 0.242 e. The molecule has 0 radical (unpaired) electrons. The van der Waals surface area contributed by atoms with Crippen molar-refractivity contribution in [3.8, 4) is 17.2 Å². The molecule has 0 aliphatic carbocycles. The minimum atomic E-state index is -4.03. The number of halogens is 2. The van der Waals surface area contributed by atoms with Crippen molar-refractivity contribution in [3.63, 3.8) is 0 Å². The summed E-state index contributed by atoms with van der Waals surface area (Å²) in [6, 6.07) is 16.7. The standard InChI is InChI=1S/C23H22Cl2N2O5S/c1-3-31-21-12-10-18(14-19(21)25)33(29,30)27-15(2)23(28)26-20-13-16(24)9-11-22(20)32-17-7-5-4-6-8-17/h4-15,27H,3H2,1-2H3,(H,26,28)/t15-/m1/s1. The number of carbonyl (C=O) groups excluding carboxylic acids is 1. The van der Waals surface area contributed by atoms with Gasteiger partial charge in [-0.05, 0) is 62.4 Å². The number of benzene rings is 3. The fourth-order valence-corrected chi connectivity index (χ4v) is 4.52. The van der Waals surface area contributed by atoms with Crippen LogP contribution in [0.5, 0.6) is 17.2 Å². The Morgan fingerprint density at radius 3 is 2.36 bits per heavy atom. The van der Waals surface area contributed by atoms with Gasteiger partial charge in [-0.2, -0.15) is 4.72 Å². The Bertz CT molecular complexity index is 1240. The highest BCUT2D eigenvalue weighted by Crippen LogP contribution is 2.32. The van der Waals surface area contributed by atoms with Gasteiger partial charge in [0.1, 0.15) is 11.5 Å². The summed E-state index contributed by atoms with van der Waals surface area (Å²) in [6.07, 6.45) is 0. The summed E-state index contributed by atoms with van der Waals surface area (Å²) >= 11 is 12.2. The first-order valence-corrected chi connectivity index (χ1v) is 12.2. The molecule has 0 aliphatic heterocycles. The Hall–Kier alpha value is -2.78. The SMILES string of the molecule is CCOc1ccc(S(=O)(=O)N[C@H](C)C(=O)Nc2cc(Cl)ccc2Oc2ccccc2)cc1Cl. The van der Waals surface area contributed by atoms with Gasteiger partial charge in [-0.3, -0.25) is 4.79 Å². The van der Waals surface area contributed by atoms with E-state index in [4.69, 9.17) is 32.7 Å². The van der Waals surface area contributed by atoms with E-state index in [1.54, 1.807) is 31.2 Å². The molecule has 0 saturated carbocycles. The van der Waals surface area contributed by atoms with Gasteiger partial charge < -0.3 is 14.8 Å². The molecule has 0 saturated heterocycles. The molecule has 1 atom stereocenters. The summed E-state index contributed by atoms with van der Waals surface area (Å²) in [5.41, 5.74) is 0.298. The maximum Gasteiger partial charge on any atom is 0.242 e.